The molecule has 0 aromatic carbocycles. The lowest BCUT2D eigenvalue weighted by molar-refractivity contribution is -0.192. The third-order valence-corrected chi connectivity index (χ3v) is 13.3. The fourth-order valence-electron chi connectivity index (χ4n) is 10.8. The maximum Gasteiger partial charge on any atom is 0.312 e. The van der Waals surface area contributed by atoms with E-state index in [9.17, 15) is 19.5 Å². The number of hydrogen-bond acceptors (Lipinski definition) is 5. The summed E-state index contributed by atoms with van der Waals surface area (Å²) >= 11 is 0. The molecule has 0 unspecified atom stereocenters. The standard InChI is InChI=1S/C33H48O5/c1-9-29(4)23-10-11-31(6)24(30(23,5)17-20(19-34)26(29)36)16-22(35)25-21-18-28(2,3)12-14-33(21,27(37)38-8)15-13-32(25,31)7/h16,19,21,23,25,34H,9-15,17-18H2,1-8H3/b20-19-/t21-,23-,25-,29-,30-,31+,32+,33-/m0/s1. The van der Waals surface area contributed by atoms with Gasteiger partial charge in [0.25, 0.3) is 0 Å². The number of Topliss-reactive ketones (excluding diaryl/α,β-unsaturated/α-hetero) is 1. The van der Waals surface area contributed by atoms with Crippen molar-refractivity contribution in [3.63, 3.8) is 0 Å². The Bertz CT molecular complexity index is 1150. The highest BCUT2D eigenvalue weighted by Crippen LogP contribution is 2.75. The van der Waals surface area contributed by atoms with Crippen LogP contribution in [-0.2, 0) is 19.1 Å². The Morgan fingerprint density at radius 3 is 2.32 bits per heavy atom. The summed E-state index contributed by atoms with van der Waals surface area (Å²) in [7, 11) is 1.49. The fourth-order valence-corrected chi connectivity index (χ4v) is 10.8. The zero-order valence-electron chi connectivity index (χ0n) is 24.8. The van der Waals surface area contributed by atoms with E-state index in [4.69, 9.17) is 4.74 Å². The Kier molecular flexibility index (Phi) is 6.04. The Labute approximate surface area is 228 Å². The van der Waals surface area contributed by atoms with E-state index in [1.54, 1.807) is 0 Å². The molecule has 0 aromatic rings. The molecule has 5 aliphatic carbocycles. The summed E-state index contributed by atoms with van der Waals surface area (Å²) in [5.74, 6) is -0.0562. The minimum Gasteiger partial charge on any atom is -0.515 e. The highest BCUT2D eigenvalue weighted by Gasteiger charge is 2.71. The summed E-state index contributed by atoms with van der Waals surface area (Å²) in [5, 5.41) is 10.1. The van der Waals surface area contributed by atoms with Crippen LogP contribution in [0.3, 0.4) is 0 Å². The summed E-state index contributed by atoms with van der Waals surface area (Å²) in [6, 6.07) is 0. The number of fused-ring (bicyclic) bond motifs is 7. The number of methoxy groups -OCH3 is 1. The van der Waals surface area contributed by atoms with E-state index in [1.807, 2.05) is 6.08 Å². The minimum atomic E-state index is -0.586. The van der Waals surface area contributed by atoms with Gasteiger partial charge in [-0.1, -0.05) is 54.0 Å². The van der Waals surface area contributed by atoms with Crippen molar-refractivity contribution in [2.75, 3.05) is 7.11 Å². The van der Waals surface area contributed by atoms with E-state index < -0.39 is 10.8 Å². The first kappa shape index (κ1) is 27.6. The van der Waals surface area contributed by atoms with E-state index >= 15 is 0 Å². The number of aliphatic hydroxyl groups is 1. The van der Waals surface area contributed by atoms with Crippen molar-refractivity contribution in [2.45, 2.75) is 106 Å². The van der Waals surface area contributed by atoms with Crippen LogP contribution in [0, 0.1) is 50.2 Å². The SMILES string of the molecule is CC[C@]1(C)C(=O)/C(=C\O)C[C@]2(C)C3=CC(=O)[C@@H]4[C@@H]5CC(C)(C)CC[C@]5(C(=O)OC)CC[C@@]4(C)[C@]3(C)CC[C@@H]12. The first-order valence-electron chi connectivity index (χ1n) is 14.8. The van der Waals surface area contributed by atoms with Crippen molar-refractivity contribution in [1.82, 2.24) is 0 Å². The van der Waals surface area contributed by atoms with Crippen LogP contribution in [0.1, 0.15) is 106 Å². The molecule has 0 spiro atoms. The molecule has 0 radical (unpaired) electrons. The van der Waals surface area contributed by atoms with Crippen LogP contribution in [-0.4, -0.2) is 29.8 Å². The number of allylic oxidation sites excluding steroid dienone is 3. The summed E-state index contributed by atoms with van der Waals surface area (Å²) in [5.41, 5.74) is -0.309. The number of aliphatic hydroxyl groups excluding tert-OH is 1. The van der Waals surface area contributed by atoms with Gasteiger partial charge in [0.1, 0.15) is 0 Å². The van der Waals surface area contributed by atoms with Crippen molar-refractivity contribution in [2.24, 2.45) is 50.2 Å². The van der Waals surface area contributed by atoms with Gasteiger partial charge in [0.15, 0.2) is 11.6 Å². The normalized spacial score (nSPS) is 48.8. The van der Waals surface area contributed by atoms with Crippen LogP contribution in [0.4, 0.5) is 0 Å². The molecule has 8 atom stereocenters. The summed E-state index contributed by atoms with van der Waals surface area (Å²) < 4.78 is 5.43. The van der Waals surface area contributed by atoms with Gasteiger partial charge in [0, 0.05) is 16.9 Å². The summed E-state index contributed by atoms with van der Waals surface area (Å²) in [4.78, 5) is 41.4. The second-order valence-electron chi connectivity index (χ2n) is 15.3. The lowest BCUT2D eigenvalue weighted by atomic mass is 9.33. The molecule has 4 saturated carbocycles. The number of ether oxygens (including phenoxy) is 1. The summed E-state index contributed by atoms with van der Waals surface area (Å²) in [6.07, 6.45) is 10.2. The Morgan fingerprint density at radius 1 is 1.05 bits per heavy atom. The molecule has 210 valence electrons. The number of carbonyl (C=O) groups excluding carboxylic acids is 3. The number of esters is 1. The van der Waals surface area contributed by atoms with Gasteiger partial charge in [0.05, 0.1) is 18.8 Å². The molecule has 5 rings (SSSR count). The molecule has 5 nitrogen and oxygen atoms in total. The maximum absolute atomic E-state index is 14.5. The third kappa shape index (κ3) is 3.19. The van der Waals surface area contributed by atoms with E-state index in [0.717, 1.165) is 51.2 Å². The molecule has 5 heteroatoms. The Hall–Kier alpha value is -1.91. The van der Waals surface area contributed by atoms with Crippen LogP contribution in [0.25, 0.3) is 0 Å². The van der Waals surface area contributed by atoms with Crippen LogP contribution in [0.15, 0.2) is 23.5 Å². The Morgan fingerprint density at radius 2 is 1.71 bits per heavy atom. The highest BCUT2D eigenvalue weighted by atomic mass is 16.5. The molecular weight excluding hydrogens is 476 g/mol. The molecule has 0 heterocycles. The Balaban J connectivity index is 1.68. The van der Waals surface area contributed by atoms with Crippen molar-refractivity contribution in [1.29, 1.82) is 0 Å². The molecule has 38 heavy (non-hydrogen) atoms. The van der Waals surface area contributed by atoms with Crippen molar-refractivity contribution < 1.29 is 24.2 Å². The van der Waals surface area contributed by atoms with Crippen molar-refractivity contribution in [3.05, 3.63) is 23.5 Å². The van der Waals surface area contributed by atoms with Crippen molar-refractivity contribution in [3.8, 4) is 0 Å². The highest BCUT2D eigenvalue weighted by molar-refractivity contribution is 6.01. The van der Waals surface area contributed by atoms with E-state index in [0.29, 0.717) is 18.4 Å². The molecule has 0 saturated heterocycles. The second-order valence-corrected chi connectivity index (χ2v) is 15.3. The third-order valence-electron chi connectivity index (χ3n) is 13.3. The smallest absolute Gasteiger partial charge is 0.312 e. The van der Waals surface area contributed by atoms with Crippen LogP contribution < -0.4 is 0 Å². The molecule has 4 fully saturated rings. The average Bonchev–Trinajstić information content (AvgIpc) is 2.86. The lowest BCUT2D eigenvalue weighted by Crippen LogP contribution is -2.66. The number of hydrogen-bond donors (Lipinski definition) is 1. The molecule has 0 aliphatic heterocycles. The predicted octanol–water partition coefficient (Wildman–Crippen LogP) is 7.15. The first-order chi connectivity index (χ1) is 17.6. The monoisotopic (exact) mass is 524 g/mol. The van der Waals surface area contributed by atoms with Gasteiger partial charge >= 0.3 is 5.97 Å². The van der Waals surface area contributed by atoms with Crippen LogP contribution in [0.5, 0.6) is 0 Å². The lowest BCUT2D eigenvalue weighted by Gasteiger charge is -2.69. The summed E-state index contributed by atoms with van der Waals surface area (Å²) in [6.45, 7) is 15.6. The minimum absolute atomic E-state index is 0.0353. The van der Waals surface area contributed by atoms with Gasteiger partial charge in [-0.05, 0) is 97.4 Å². The van der Waals surface area contributed by atoms with Gasteiger partial charge in [-0.2, -0.15) is 0 Å². The molecule has 1 N–H and O–H groups in total. The molecule has 0 aromatic heterocycles. The number of ketones is 2. The molecule has 5 aliphatic rings. The van der Waals surface area contributed by atoms with E-state index in [2.05, 4.69) is 48.5 Å². The van der Waals surface area contributed by atoms with Crippen molar-refractivity contribution >= 4 is 17.5 Å². The topological polar surface area (TPSA) is 80.7 Å². The van der Waals surface area contributed by atoms with E-state index in [-0.39, 0.29) is 56.9 Å². The predicted molar refractivity (Wildman–Crippen MR) is 147 cm³/mol. The van der Waals surface area contributed by atoms with Gasteiger partial charge in [-0.3, -0.25) is 14.4 Å². The maximum atomic E-state index is 14.5. The fraction of sp³-hybridized carbons (Fsp3) is 0.788. The first-order valence-corrected chi connectivity index (χ1v) is 14.8. The van der Waals surface area contributed by atoms with Gasteiger partial charge in [-0.25, -0.2) is 0 Å². The van der Waals surface area contributed by atoms with Crippen LogP contribution in [0.2, 0.25) is 0 Å². The number of carbonyl (C=O) groups is 3. The second kappa shape index (κ2) is 8.30. The molecular formula is C33H48O5. The van der Waals surface area contributed by atoms with Gasteiger partial charge < -0.3 is 9.84 Å². The number of rotatable bonds is 2. The zero-order chi connectivity index (χ0) is 28.1. The van der Waals surface area contributed by atoms with Gasteiger partial charge in [-0.15, -0.1) is 0 Å². The quantitative estimate of drug-likeness (QED) is 0.236. The largest absolute Gasteiger partial charge is 0.515 e. The average molecular weight is 525 g/mol. The zero-order valence-corrected chi connectivity index (χ0v) is 24.8. The molecule has 0 amide bonds. The van der Waals surface area contributed by atoms with Gasteiger partial charge in [0.2, 0.25) is 0 Å². The van der Waals surface area contributed by atoms with Crippen LogP contribution >= 0.6 is 0 Å². The molecule has 0 bridgehead atoms. The van der Waals surface area contributed by atoms with E-state index in [1.165, 1.54) is 12.7 Å².